The lowest BCUT2D eigenvalue weighted by Crippen LogP contribution is -2.33. The molecular formula is C13H24N2. The fraction of sp³-hybridized carbons (Fsp3) is 0.769. The lowest BCUT2D eigenvalue weighted by atomic mass is 9.93. The number of rotatable bonds is 2. The van der Waals surface area contributed by atoms with Crippen LogP contribution in [-0.4, -0.2) is 24.5 Å². The Balaban J connectivity index is 0.000000921. The third-order valence-corrected chi connectivity index (χ3v) is 2.74. The summed E-state index contributed by atoms with van der Waals surface area (Å²) in [6.45, 7) is 13.3. The zero-order valence-electron chi connectivity index (χ0n) is 10.8. The van der Waals surface area contributed by atoms with Gasteiger partial charge in [0.2, 0.25) is 0 Å². The molecule has 1 aliphatic heterocycles. The lowest BCUT2D eigenvalue weighted by molar-refractivity contribution is 0.307. The van der Waals surface area contributed by atoms with Gasteiger partial charge in [-0.3, -0.25) is 4.90 Å². The van der Waals surface area contributed by atoms with Crippen LogP contribution in [0, 0.1) is 17.2 Å². The molecule has 0 unspecified atom stereocenters. The van der Waals surface area contributed by atoms with Gasteiger partial charge in [0.1, 0.15) is 0 Å². The molecule has 0 atom stereocenters. The minimum atomic E-state index is 0.573. The molecule has 0 aromatic rings. The fourth-order valence-electron chi connectivity index (χ4n) is 1.85. The molecule has 1 aliphatic rings. The maximum Gasteiger partial charge on any atom is 0.0868 e. The van der Waals surface area contributed by atoms with Crippen molar-refractivity contribution in [3.63, 3.8) is 0 Å². The van der Waals surface area contributed by atoms with E-state index in [4.69, 9.17) is 5.26 Å². The summed E-state index contributed by atoms with van der Waals surface area (Å²) >= 11 is 0. The Hall–Kier alpha value is -0.810. The first-order valence-corrected chi connectivity index (χ1v) is 5.93. The molecule has 1 heterocycles. The van der Waals surface area contributed by atoms with Crippen molar-refractivity contribution in [3.8, 4) is 6.07 Å². The van der Waals surface area contributed by atoms with Crippen LogP contribution in [0.25, 0.3) is 0 Å². The molecule has 2 nitrogen and oxygen atoms in total. The smallest absolute Gasteiger partial charge is 0.0868 e. The maximum absolute atomic E-state index is 8.60. The van der Waals surface area contributed by atoms with Gasteiger partial charge < -0.3 is 0 Å². The van der Waals surface area contributed by atoms with Crippen LogP contribution in [0.3, 0.4) is 0 Å². The molecular weight excluding hydrogens is 184 g/mol. The van der Waals surface area contributed by atoms with E-state index in [-0.39, 0.29) is 0 Å². The first kappa shape index (κ1) is 14.2. The predicted octanol–water partition coefficient (Wildman–Crippen LogP) is 3.21. The summed E-state index contributed by atoms with van der Waals surface area (Å²) in [5.41, 5.74) is 3.06. The van der Waals surface area contributed by atoms with Crippen molar-refractivity contribution in [3.05, 3.63) is 11.1 Å². The Morgan fingerprint density at radius 2 is 2.00 bits per heavy atom. The van der Waals surface area contributed by atoms with Crippen molar-refractivity contribution < 1.29 is 0 Å². The van der Waals surface area contributed by atoms with E-state index in [1.54, 1.807) is 0 Å². The molecule has 0 aromatic carbocycles. The van der Waals surface area contributed by atoms with Gasteiger partial charge in [0.05, 0.1) is 12.6 Å². The molecule has 15 heavy (non-hydrogen) atoms. The van der Waals surface area contributed by atoms with Gasteiger partial charge in [0.25, 0.3) is 0 Å². The summed E-state index contributed by atoms with van der Waals surface area (Å²) in [6, 6.07) is 2.22. The molecule has 86 valence electrons. The van der Waals surface area contributed by atoms with Crippen LogP contribution in [0.15, 0.2) is 11.1 Å². The highest BCUT2D eigenvalue weighted by Crippen LogP contribution is 2.22. The minimum absolute atomic E-state index is 0.573. The summed E-state index contributed by atoms with van der Waals surface area (Å²) in [5, 5.41) is 8.60. The molecule has 0 spiro atoms. The van der Waals surface area contributed by atoms with Crippen molar-refractivity contribution in [2.75, 3.05) is 19.6 Å². The van der Waals surface area contributed by atoms with E-state index < -0.39 is 0 Å². The first-order chi connectivity index (χ1) is 7.15. The highest BCUT2D eigenvalue weighted by atomic mass is 15.1. The van der Waals surface area contributed by atoms with E-state index in [2.05, 4.69) is 31.7 Å². The third kappa shape index (κ3) is 4.48. The predicted molar refractivity (Wildman–Crippen MR) is 65.6 cm³/mol. The van der Waals surface area contributed by atoms with Crippen molar-refractivity contribution >= 4 is 0 Å². The number of nitriles is 1. The van der Waals surface area contributed by atoms with Gasteiger partial charge in [-0.1, -0.05) is 38.8 Å². The van der Waals surface area contributed by atoms with Crippen LogP contribution in [0.5, 0.6) is 0 Å². The van der Waals surface area contributed by atoms with Crippen molar-refractivity contribution in [1.29, 1.82) is 5.26 Å². The fourth-order valence-corrected chi connectivity index (χ4v) is 1.85. The van der Waals surface area contributed by atoms with Gasteiger partial charge in [0.15, 0.2) is 0 Å². The molecule has 0 amide bonds. The molecule has 0 saturated carbocycles. The zero-order valence-corrected chi connectivity index (χ0v) is 10.8. The van der Waals surface area contributed by atoms with E-state index >= 15 is 0 Å². The Morgan fingerprint density at radius 1 is 1.40 bits per heavy atom. The van der Waals surface area contributed by atoms with E-state index in [9.17, 15) is 0 Å². The highest BCUT2D eigenvalue weighted by molar-refractivity contribution is 5.19. The summed E-state index contributed by atoms with van der Waals surface area (Å²) in [6.07, 6.45) is 1.13. The standard InChI is InChI=1S/C11H18N2.C2H6/c1-9(2)11-8-13(7-5-12)6-4-10(11)3;1-2/h9H,4,6-8H2,1-3H3;1-2H3. The molecule has 0 fully saturated rings. The van der Waals surface area contributed by atoms with Crippen LogP contribution in [0.4, 0.5) is 0 Å². The quantitative estimate of drug-likeness (QED) is 0.514. The minimum Gasteiger partial charge on any atom is -0.286 e. The van der Waals surface area contributed by atoms with Gasteiger partial charge in [0, 0.05) is 13.1 Å². The number of hydrogen-bond donors (Lipinski definition) is 0. The second-order valence-corrected chi connectivity index (χ2v) is 4.08. The van der Waals surface area contributed by atoms with E-state index in [1.165, 1.54) is 11.1 Å². The van der Waals surface area contributed by atoms with Gasteiger partial charge >= 0.3 is 0 Å². The highest BCUT2D eigenvalue weighted by Gasteiger charge is 2.17. The van der Waals surface area contributed by atoms with Crippen molar-refractivity contribution in [2.45, 2.75) is 41.0 Å². The SMILES string of the molecule is CC.CC1=C(C(C)C)CN(CC#N)CC1. The Bertz CT molecular complexity index is 246. The summed E-state index contributed by atoms with van der Waals surface area (Å²) in [5.74, 6) is 0.626. The van der Waals surface area contributed by atoms with Gasteiger partial charge in [-0.2, -0.15) is 5.26 Å². The Kier molecular flexibility index (Phi) is 7.07. The average molecular weight is 208 g/mol. The third-order valence-electron chi connectivity index (χ3n) is 2.74. The van der Waals surface area contributed by atoms with Crippen LogP contribution in [0.2, 0.25) is 0 Å². The van der Waals surface area contributed by atoms with Crippen LogP contribution in [-0.2, 0) is 0 Å². The maximum atomic E-state index is 8.60. The van der Waals surface area contributed by atoms with Crippen LogP contribution in [0.1, 0.15) is 41.0 Å². The Morgan fingerprint density at radius 3 is 2.47 bits per heavy atom. The first-order valence-electron chi connectivity index (χ1n) is 5.93. The van der Waals surface area contributed by atoms with Crippen molar-refractivity contribution in [2.24, 2.45) is 5.92 Å². The molecule has 0 bridgehead atoms. The van der Waals surface area contributed by atoms with E-state index in [0.717, 1.165) is 19.5 Å². The molecule has 1 rings (SSSR count). The van der Waals surface area contributed by atoms with E-state index in [1.807, 2.05) is 13.8 Å². The van der Waals surface area contributed by atoms with Gasteiger partial charge in [-0.05, 0) is 19.3 Å². The number of hydrogen-bond acceptors (Lipinski definition) is 2. The molecule has 0 N–H and O–H groups in total. The summed E-state index contributed by atoms with van der Waals surface area (Å²) in [4.78, 5) is 2.22. The summed E-state index contributed by atoms with van der Waals surface area (Å²) < 4.78 is 0. The van der Waals surface area contributed by atoms with Crippen molar-refractivity contribution in [1.82, 2.24) is 4.90 Å². The second kappa shape index (κ2) is 7.48. The van der Waals surface area contributed by atoms with Crippen LogP contribution >= 0.6 is 0 Å². The van der Waals surface area contributed by atoms with E-state index in [0.29, 0.717) is 12.5 Å². The number of nitrogens with zero attached hydrogens (tertiary/aromatic N) is 2. The molecule has 0 aliphatic carbocycles. The molecule has 0 aromatic heterocycles. The second-order valence-electron chi connectivity index (χ2n) is 4.08. The monoisotopic (exact) mass is 208 g/mol. The van der Waals surface area contributed by atoms with Gasteiger partial charge in [-0.15, -0.1) is 0 Å². The molecule has 2 heteroatoms. The Labute approximate surface area is 94.6 Å². The summed E-state index contributed by atoms with van der Waals surface area (Å²) in [7, 11) is 0. The largest absolute Gasteiger partial charge is 0.286 e. The average Bonchev–Trinajstić information content (AvgIpc) is 2.24. The topological polar surface area (TPSA) is 27.0 Å². The van der Waals surface area contributed by atoms with Gasteiger partial charge in [-0.25, -0.2) is 0 Å². The normalized spacial score (nSPS) is 17.1. The molecule has 0 saturated heterocycles. The lowest BCUT2D eigenvalue weighted by Gasteiger charge is -2.29. The van der Waals surface area contributed by atoms with Crippen LogP contribution < -0.4 is 0 Å². The zero-order chi connectivity index (χ0) is 11.8. The molecule has 0 radical (unpaired) electrons.